The highest BCUT2D eigenvalue weighted by Gasteiger charge is 2.17. The van der Waals surface area contributed by atoms with Crippen LogP contribution in [0.3, 0.4) is 0 Å². The van der Waals surface area contributed by atoms with Crippen molar-refractivity contribution < 1.29 is 0 Å². The zero-order valence-corrected chi connectivity index (χ0v) is 9.41. The number of hydrogen-bond donors (Lipinski definition) is 1. The Morgan fingerprint density at radius 1 is 1.54 bits per heavy atom. The second-order valence-corrected chi connectivity index (χ2v) is 5.54. The lowest BCUT2D eigenvalue weighted by Gasteiger charge is -2.16. The van der Waals surface area contributed by atoms with Crippen LogP contribution in [0.1, 0.15) is 32.6 Å². The van der Waals surface area contributed by atoms with Crippen LogP contribution in [0.5, 0.6) is 0 Å². The highest BCUT2D eigenvalue weighted by atomic mass is 32.2. The second-order valence-electron chi connectivity index (χ2n) is 3.80. The predicted molar refractivity (Wildman–Crippen MR) is 62.4 cm³/mol. The molecule has 0 aromatic rings. The van der Waals surface area contributed by atoms with Crippen molar-refractivity contribution in [1.82, 2.24) is 5.32 Å². The molecule has 0 aliphatic heterocycles. The summed E-state index contributed by atoms with van der Waals surface area (Å²) < 4.78 is 0. The molecule has 13 heavy (non-hydrogen) atoms. The van der Waals surface area contributed by atoms with Gasteiger partial charge >= 0.3 is 0 Å². The van der Waals surface area contributed by atoms with Crippen LogP contribution >= 0.6 is 11.8 Å². The Morgan fingerprint density at radius 2 is 2.23 bits per heavy atom. The molecule has 0 spiro atoms. The number of nitrogens with one attached hydrogen (secondary N) is 1. The summed E-state index contributed by atoms with van der Waals surface area (Å²) in [4.78, 5) is 0. The van der Waals surface area contributed by atoms with Crippen molar-refractivity contribution >= 4 is 11.8 Å². The van der Waals surface area contributed by atoms with Crippen LogP contribution in [-0.4, -0.2) is 23.6 Å². The second kappa shape index (κ2) is 6.50. The van der Waals surface area contributed by atoms with E-state index in [2.05, 4.69) is 30.6 Å². The van der Waals surface area contributed by atoms with E-state index < -0.39 is 0 Å². The Labute approximate surface area is 86.4 Å². The van der Waals surface area contributed by atoms with E-state index in [0.717, 1.165) is 23.6 Å². The van der Waals surface area contributed by atoms with Crippen molar-refractivity contribution in [2.24, 2.45) is 0 Å². The fraction of sp³-hybridized carbons (Fsp3) is 0.818. The van der Waals surface area contributed by atoms with Crippen molar-refractivity contribution in [3.8, 4) is 0 Å². The minimum atomic E-state index is 0.753. The predicted octanol–water partition coefficient (Wildman–Crippen LogP) is 2.83. The Balaban J connectivity index is 2.02. The third-order valence-corrected chi connectivity index (χ3v) is 3.94. The molecule has 1 N–H and O–H groups in total. The summed E-state index contributed by atoms with van der Waals surface area (Å²) in [6, 6.07) is 0. The first-order valence-corrected chi connectivity index (χ1v) is 6.24. The largest absolute Gasteiger partial charge is 0.312 e. The van der Waals surface area contributed by atoms with Gasteiger partial charge in [0.05, 0.1) is 0 Å². The lowest BCUT2D eigenvalue weighted by atomic mass is 10.4. The van der Waals surface area contributed by atoms with Crippen molar-refractivity contribution in [3.05, 3.63) is 12.7 Å². The lowest BCUT2D eigenvalue weighted by molar-refractivity contribution is 0.735. The molecule has 1 rings (SSSR count). The van der Waals surface area contributed by atoms with Gasteiger partial charge in [-0.1, -0.05) is 25.8 Å². The van der Waals surface area contributed by atoms with Crippen LogP contribution in [-0.2, 0) is 0 Å². The third kappa shape index (κ3) is 4.72. The first-order chi connectivity index (χ1) is 6.33. The monoisotopic (exact) mass is 199 g/mol. The third-order valence-electron chi connectivity index (χ3n) is 2.45. The molecule has 1 aliphatic rings. The topological polar surface area (TPSA) is 12.0 Å². The fourth-order valence-electron chi connectivity index (χ4n) is 1.79. The van der Waals surface area contributed by atoms with E-state index in [0.29, 0.717) is 0 Å². The minimum absolute atomic E-state index is 0.753. The maximum Gasteiger partial charge on any atom is 0.0147 e. The fourth-order valence-corrected chi connectivity index (χ4v) is 3.27. The minimum Gasteiger partial charge on any atom is -0.312 e. The molecule has 0 bridgehead atoms. The van der Waals surface area contributed by atoms with Crippen LogP contribution < -0.4 is 5.32 Å². The van der Waals surface area contributed by atoms with Crippen LogP contribution in [0.15, 0.2) is 12.7 Å². The number of rotatable bonds is 6. The molecule has 1 fully saturated rings. The average Bonchev–Trinajstić information content (AvgIpc) is 2.57. The normalized spacial score (nSPS) is 20.4. The molecule has 1 atom stereocenters. The number of hydrogen-bond acceptors (Lipinski definition) is 2. The molecule has 1 saturated carbocycles. The molecular formula is C11H21NS. The maximum atomic E-state index is 3.69. The molecule has 76 valence electrons. The molecule has 0 aromatic carbocycles. The zero-order chi connectivity index (χ0) is 9.52. The van der Waals surface area contributed by atoms with Gasteiger partial charge in [0.1, 0.15) is 0 Å². The zero-order valence-electron chi connectivity index (χ0n) is 8.59. The SMILES string of the molecule is C=CCNCC(C)SC1CCCC1. The van der Waals surface area contributed by atoms with Gasteiger partial charge < -0.3 is 5.32 Å². The van der Waals surface area contributed by atoms with Gasteiger partial charge in [-0.2, -0.15) is 11.8 Å². The molecule has 1 aliphatic carbocycles. The Morgan fingerprint density at radius 3 is 2.85 bits per heavy atom. The summed E-state index contributed by atoms with van der Waals surface area (Å²) in [6.45, 7) is 8.07. The summed E-state index contributed by atoms with van der Waals surface area (Å²) in [5.74, 6) is 0. The Hall–Kier alpha value is 0.0500. The van der Waals surface area contributed by atoms with Crippen molar-refractivity contribution in [2.45, 2.75) is 43.1 Å². The standard InChI is InChI=1S/C11H21NS/c1-3-8-12-9-10(2)13-11-6-4-5-7-11/h3,10-12H,1,4-9H2,2H3. The van der Waals surface area contributed by atoms with Gasteiger partial charge in [-0.05, 0) is 12.8 Å². The summed E-state index contributed by atoms with van der Waals surface area (Å²) in [5.41, 5.74) is 0. The quantitative estimate of drug-likeness (QED) is 0.521. The molecule has 0 aromatic heterocycles. The van der Waals surface area contributed by atoms with Crippen LogP contribution in [0.2, 0.25) is 0 Å². The number of thioether (sulfide) groups is 1. The molecule has 1 nitrogen and oxygen atoms in total. The lowest BCUT2D eigenvalue weighted by Crippen LogP contribution is -2.24. The van der Waals surface area contributed by atoms with Gasteiger partial charge in [-0.3, -0.25) is 0 Å². The van der Waals surface area contributed by atoms with Gasteiger partial charge in [0.15, 0.2) is 0 Å². The van der Waals surface area contributed by atoms with Crippen molar-refractivity contribution in [3.63, 3.8) is 0 Å². The highest BCUT2D eigenvalue weighted by Crippen LogP contribution is 2.31. The van der Waals surface area contributed by atoms with E-state index in [4.69, 9.17) is 0 Å². The van der Waals surface area contributed by atoms with E-state index in [1.54, 1.807) is 0 Å². The summed E-state index contributed by atoms with van der Waals surface area (Å²) in [7, 11) is 0. The molecule has 1 unspecified atom stereocenters. The molecule has 0 radical (unpaired) electrons. The smallest absolute Gasteiger partial charge is 0.0147 e. The van der Waals surface area contributed by atoms with Crippen LogP contribution in [0, 0.1) is 0 Å². The van der Waals surface area contributed by atoms with E-state index in [-0.39, 0.29) is 0 Å². The molecular weight excluding hydrogens is 178 g/mol. The van der Waals surface area contributed by atoms with Crippen molar-refractivity contribution in [2.75, 3.05) is 13.1 Å². The Kier molecular flexibility index (Phi) is 5.56. The first-order valence-electron chi connectivity index (χ1n) is 5.30. The molecule has 0 saturated heterocycles. The van der Waals surface area contributed by atoms with Gasteiger partial charge in [0, 0.05) is 23.6 Å². The van der Waals surface area contributed by atoms with Crippen LogP contribution in [0.4, 0.5) is 0 Å². The summed E-state index contributed by atoms with van der Waals surface area (Å²) in [5, 5.41) is 5.07. The van der Waals surface area contributed by atoms with Gasteiger partial charge in [-0.15, -0.1) is 6.58 Å². The van der Waals surface area contributed by atoms with E-state index in [9.17, 15) is 0 Å². The molecule has 0 heterocycles. The van der Waals surface area contributed by atoms with Gasteiger partial charge in [-0.25, -0.2) is 0 Å². The Bertz CT molecular complexity index is 141. The van der Waals surface area contributed by atoms with Crippen LogP contribution in [0.25, 0.3) is 0 Å². The average molecular weight is 199 g/mol. The van der Waals surface area contributed by atoms with Gasteiger partial charge in [0.25, 0.3) is 0 Å². The van der Waals surface area contributed by atoms with E-state index >= 15 is 0 Å². The summed E-state index contributed by atoms with van der Waals surface area (Å²) >= 11 is 2.16. The summed E-state index contributed by atoms with van der Waals surface area (Å²) in [6.07, 6.45) is 7.70. The molecule has 0 amide bonds. The highest BCUT2D eigenvalue weighted by molar-refractivity contribution is 8.00. The van der Waals surface area contributed by atoms with Gasteiger partial charge in [0.2, 0.25) is 0 Å². The maximum absolute atomic E-state index is 3.69. The van der Waals surface area contributed by atoms with E-state index in [1.165, 1.54) is 25.7 Å². The first kappa shape index (κ1) is 11.1. The molecule has 2 heteroatoms. The van der Waals surface area contributed by atoms with Crippen molar-refractivity contribution in [1.29, 1.82) is 0 Å². The van der Waals surface area contributed by atoms with E-state index in [1.807, 2.05) is 6.08 Å².